The molecule has 0 fully saturated rings. The van der Waals surface area contributed by atoms with E-state index < -0.39 is 11.2 Å². The summed E-state index contributed by atoms with van der Waals surface area (Å²) in [5.74, 6) is -0.771. The number of carboxylic acids is 1. The normalized spacial score (nSPS) is 12.4. The molecule has 16 heavy (non-hydrogen) atoms. The lowest BCUT2D eigenvalue weighted by atomic mass is 10.2. The molecule has 3 nitrogen and oxygen atoms in total. The van der Waals surface area contributed by atoms with Crippen LogP contribution in [0.2, 0.25) is 0 Å². The van der Waals surface area contributed by atoms with Crippen LogP contribution in [0.15, 0.2) is 23.1 Å². The maximum atomic E-state index is 11.0. The third-order valence-electron chi connectivity index (χ3n) is 2.26. The SMILES string of the molecule is CCCC(Sc1cc(C)ccc1N)C(=O)O. The van der Waals surface area contributed by atoms with E-state index in [2.05, 4.69) is 0 Å². The molecule has 0 bridgehead atoms. The maximum absolute atomic E-state index is 11.0. The Morgan fingerprint density at radius 1 is 1.56 bits per heavy atom. The van der Waals surface area contributed by atoms with Crippen LogP contribution < -0.4 is 5.73 Å². The third kappa shape index (κ3) is 3.45. The van der Waals surface area contributed by atoms with E-state index in [-0.39, 0.29) is 0 Å². The predicted molar refractivity (Wildman–Crippen MR) is 67.8 cm³/mol. The molecule has 1 rings (SSSR count). The summed E-state index contributed by atoms with van der Waals surface area (Å²) in [6.07, 6.45) is 1.52. The van der Waals surface area contributed by atoms with Crippen molar-refractivity contribution in [2.75, 3.05) is 5.73 Å². The number of hydrogen-bond donors (Lipinski definition) is 2. The Balaban J connectivity index is 2.84. The van der Waals surface area contributed by atoms with Crippen LogP contribution in [0, 0.1) is 6.92 Å². The summed E-state index contributed by atoms with van der Waals surface area (Å²) in [6.45, 7) is 3.95. The predicted octanol–water partition coefficient (Wildman–Crippen LogP) is 2.92. The minimum Gasteiger partial charge on any atom is -0.480 e. The summed E-state index contributed by atoms with van der Waals surface area (Å²) in [5.41, 5.74) is 7.57. The highest BCUT2D eigenvalue weighted by atomic mass is 32.2. The summed E-state index contributed by atoms with van der Waals surface area (Å²) in [7, 11) is 0. The second-order valence-electron chi connectivity index (χ2n) is 3.77. The Bertz CT molecular complexity index is 379. The molecule has 3 N–H and O–H groups in total. The van der Waals surface area contributed by atoms with Crippen LogP contribution in [0.3, 0.4) is 0 Å². The van der Waals surface area contributed by atoms with Gasteiger partial charge >= 0.3 is 5.97 Å². The molecule has 0 amide bonds. The highest BCUT2D eigenvalue weighted by Crippen LogP contribution is 2.31. The number of thioether (sulfide) groups is 1. The van der Waals surface area contributed by atoms with Crippen molar-refractivity contribution in [1.29, 1.82) is 0 Å². The Morgan fingerprint density at radius 2 is 2.25 bits per heavy atom. The van der Waals surface area contributed by atoms with Gasteiger partial charge in [-0.15, -0.1) is 11.8 Å². The summed E-state index contributed by atoms with van der Waals surface area (Å²) in [5, 5.41) is 8.66. The first kappa shape index (κ1) is 12.9. The number of carboxylic acid groups (broad SMARTS) is 1. The fraction of sp³-hybridized carbons (Fsp3) is 0.417. The van der Waals surface area contributed by atoms with Gasteiger partial charge in [-0.3, -0.25) is 4.79 Å². The molecule has 88 valence electrons. The van der Waals surface area contributed by atoms with Crippen LogP contribution in [0.1, 0.15) is 25.3 Å². The molecule has 1 aromatic carbocycles. The fourth-order valence-corrected chi connectivity index (χ4v) is 2.61. The molecule has 0 heterocycles. The summed E-state index contributed by atoms with van der Waals surface area (Å²) in [6, 6.07) is 5.68. The number of hydrogen-bond acceptors (Lipinski definition) is 3. The average Bonchev–Trinajstić information content (AvgIpc) is 2.22. The molecule has 0 radical (unpaired) electrons. The number of aliphatic carboxylic acids is 1. The van der Waals surface area contributed by atoms with Crippen molar-refractivity contribution >= 4 is 23.4 Å². The molecule has 0 aromatic heterocycles. The first-order valence-corrected chi connectivity index (χ1v) is 6.18. The van der Waals surface area contributed by atoms with Gasteiger partial charge in [0.25, 0.3) is 0 Å². The van der Waals surface area contributed by atoms with Gasteiger partial charge in [0.05, 0.1) is 0 Å². The molecule has 0 saturated carbocycles. The highest BCUT2D eigenvalue weighted by molar-refractivity contribution is 8.00. The zero-order valence-corrected chi connectivity index (χ0v) is 10.4. The molecule has 0 saturated heterocycles. The standard InChI is InChI=1S/C12H17NO2S/c1-3-4-10(12(14)15)16-11-7-8(2)5-6-9(11)13/h5-7,10H,3-4,13H2,1-2H3,(H,14,15). The highest BCUT2D eigenvalue weighted by Gasteiger charge is 2.18. The molecular formula is C12H17NO2S. The first-order chi connectivity index (χ1) is 7.54. The molecule has 1 aromatic rings. The number of nitrogens with two attached hydrogens (primary N) is 1. The fourth-order valence-electron chi connectivity index (χ4n) is 1.39. The molecule has 1 atom stereocenters. The van der Waals surface area contributed by atoms with E-state index in [4.69, 9.17) is 10.8 Å². The van der Waals surface area contributed by atoms with Gasteiger partial charge < -0.3 is 10.8 Å². The quantitative estimate of drug-likeness (QED) is 0.612. The van der Waals surface area contributed by atoms with Crippen LogP contribution in [0.4, 0.5) is 5.69 Å². The molecule has 0 spiro atoms. The summed E-state index contributed by atoms with van der Waals surface area (Å²) >= 11 is 1.34. The third-order valence-corrected chi connectivity index (χ3v) is 3.59. The Morgan fingerprint density at radius 3 is 2.81 bits per heavy atom. The molecule has 1 unspecified atom stereocenters. The molecule has 0 aliphatic carbocycles. The lowest BCUT2D eigenvalue weighted by Gasteiger charge is -2.12. The van der Waals surface area contributed by atoms with Gasteiger partial charge in [0, 0.05) is 10.6 Å². The smallest absolute Gasteiger partial charge is 0.316 e. The maximum Gasteiger partial charge on any atom is 0.316 e. The van der Waals surface area contributed by atoms with Crippen LogP contribution in [0.5, 0.6) is 0 Å². The van der Waals surface area contributed by atoms with E-state index in [0.29, 0.717) is 12.1 Å². The Kier molecular flexibility index (Phi) is 4.68. The second kappa shape index (κ2) is 5.80. The summed E-state index contributed by atoms with van der Waals surface area (Å²) in [4.78, 5) is 11.9. The van der Waals surface area contributed by atoms with Crippen molar-refractivity contribution in [2.45, 2.75) is 36.8 Å². The average molecular weight is 239 g/mol. The van der Waals surface area contributed by atoms with Gasteiger partial charge in [-0.1, -0.05) is 19.4 Å². The van der Waals surface area contributed by atoms with E-state index in [1.54, 1.807) is 0 Å². The van der Waals surface area contributed by atoms with Crippen LogP contribution in [-0.4, -0.2) is 16.3 Å². The zero-order chi connectivity index (χ0) is 12.1. The minimum atomic E-state index is -0.771. The number of benzene rings is 1. The lowest BCUT2D eigenvalue weighted by Crippen LogP contribution is -2.16. The van der Waals surface area contributed by atoms with Crippen molar-refractivity contribution in [3.8, 4) is 0 Å². The minimum absolute atomic E-state index is 0.408. The van der Waals surface area contributed by atoms with Crippen molar-refractivity contribution in [3.63, 3.8) is 0 Å². The monoisotopic (exact) mass is 239 g/mol. The number of anilines is 1. The number of nitrogen functional groups attached to an aromatic ring is 1. The number of aryl methyl sites for hydroxylation is 1. The van der Waals surface area contributed by atoms with Gasteiger partial charge in [0.15, 0.2) is 0 Å². The van der Waals surface area contributed by atoms with Crippen molar-refractivity contribution in [3.05, 3.63) is 23.8 Å². The molecule has 0 aliphatic heterocycles. The van der Waals surface area contributed by atoms with Crippen LogP contribution >= 0.6 is 11.8 Å². The molecule has 0 aliphatic rings. The zero-order valence-electron chi connectivity index (χ0n) is 9.56. The van der Waals surface area contributed by atoms with E-state index in [1.165, 1.54) is 11.8 Å². The van der Waals surface area contributed by atoms with Gasteiger partial charge in [-0.05, 0) is 31.0 Å². The molecular weight excluding hydrogens is 222 g/mol. The van der Waals surface area contributed by atoms with Crippen molar-refractivity contribution in [1.82, 2.24) is 0 Å². The molecule has 4 heteroatoms. The number of rotatable bonds is 5. The summed E-state index contributed by atoms with van der Waals surface area (Å²) < 4.78 is 0. The van der Waals surface area contributed by atoms with Crippen molar-refractivity contribution in [2.24, 2.45) is 0 Å². The van der Waals surface area contributed by atoms with Gasteiger partial charge in [0.1, 0.15) is 5.25 Å². The Hall–Kier alpha value is -1.16. The second-order valence-corrected chi connectivity index (χ2v) is 5.02. The lowest BCUT2D eigenvalue weighted by molar-refractivity contribution is -0.136. The Labute approximate surface area is 100 Å². The topological polar surface area (TPSA) is 63.3 Å². The van der Waals surface area contributed by atoms with Gasteiger partial charge in [0.2, 0.25) is 0 Å². The first-order valence-electron chi connectivity index (χ1n) is 5.30. The van der Waals surface area contributed by atoms with Crippen LogP contribution in [0.25, 0.3) is 0 Å². The van der Waals surface area contributed by atoms with E-state index in [0.717, 1.165) is 16.9 Å². The largest absolute Gasteiger partial charge is 0.480 e. The van der Waals surface area contributed by atoms with Gasteiger partial charge in [-0.2, -0.15) is 0 Å². The van der Waals surface area contributed by atoms with Gasteiger partial charge in [-0.25, -0.2) is 0 Å². The van der Waals surface area contributed by atoms with E-state index in [1.807, 2.05) is 32.0 Å². The van der Waals surface area contributed by atoms with E-state index in [9.17, 15) is 4.79 Å². The van der Waals surface area contributed by atoms with Crippen LogP contribution in [-0.2, 0) is 4.79 Å². The van der Waals surface area contributed by atoms with E-state index >= 15 is 0 Å². The number of carbonyl (C=O) groups is 1. The van der Waals surface area contributed by atoms with Crippen molar-refractivity contribution < 1.29 is 9.90 Å².